The molecule has 0 aromatic rings. The summed E-state index contributed by atoms with van der Waals surface area (Å²) in [6.07, 6.45) is 1.36. The van der Waals surface area contributed by atoms with E-state index in [0.717, 1.165) is 17.9 Å². The van der Waals surface area contributed by atoms with Crippen LogP contribution in [0.5, 0.6) is 0 Å². The molecule has 2 aliphatic heterocycles. The van der Waals surface area contributed by atoms with Gasteiger partial charge >= 0.3 is 0 Å². The Kier molecular flexibility index (Phi) is 3.33. The lowest BCUT2D eigenvalue weighted by molar-refractivity contribution is 0.0283. The summed E-state index contributed by atoms with van der Waals surface area (Å²) in [5.41, 5.74) is 0.888. The predicted molar refractivity (Wildman–Crippen MR) is 74.1 cm³/mol. The SMILES string of the molecule is CC1CC(C)(C)CN(C)C2CNCC(C)(C)C12. The van der Waals surface area contributed by atoms with Crippen LogP contribution in [-0.4, -0.2) is 37.6 Å². The van der Waals surface area contributed by atoms with E-state index < -0.39 is 0 Å². The highest BCUT2D eigenvalue weighted by Crippen LogP contribution is 2.45. The van der Waals surface area contributed by atoms with Crippen LogP contribution in [0.1, 0.15) is 41.0 Å². The van der Waals surface area contributed by atoms with E-state index in [1.54, 1.807) is 0 Å². The molecular weight excluding hydrogens is 208 g/mol. The average Bonchev–Trinajstić information content (AvgIpc) is 2.20. The maximum atomic E-state index is 3.64. The Labute approximate surface area is 107 Å². The number of hydrogen-bond donors (Lipinski definition) is 1. The van der Waals surface area contributed by atoms with Crippen LogP contribution in [0.25, 0.3) is 0 Å². The molecule has 2 aliphatic rings. The summed E-state index contributed by atoms with van der Waals surface area (Å²) in [4.78, 5) is 2.61. The summed E-state index contributed by atoms with van der Waals surface area (Å²) in [5, 5.41) is 3.64. The fraction of sp³-hybridized carbons (Fsp3) is 1.00. The Balaban J connectivity index is 2.31. The lowest BCUT2D eigenvalue weighted by Crippen LogP contribution is -2.58. The minimum absolute atomic E-state index is 0.428. The van der Waals surface area contributed by atoms with Crippen molar-refractivity contribution in [3.63, 3.8) is 0 Å². The number of rotatable bonds is 0. The van der Waals surface area contributed by atoms with Crippen LogP contribution in [0, 0.1) is 22.7 Å². The van der Waals surface area contributed by atoms with Gasteiger partial charge in [-0.1, -0.05) is 34.6 Å². The highest BCUT2D eigenvalue weighted by molar-refractivity contribution is 5.00. The third-order valence-corrected chi connectivity index (χ3v) is 4.98. The van der Waals surface area contributed by atoms with Crippen molar-refractivity contribution in [2.45, 2.75) is 47.1 Å². The number of fused-ring (bicyclic) bond motifs is 1. The van der Waals surface area contributed by atoms with Crippen LogP contribution >= 0.6 is 0 Å². The van der Waals surface area contributed by atoms with Crippen LogP contribution in [0.3, 0.4) is 0 Å². The second kappa shape index (κ2) is 4.24. The first kappa shape index (κ1) is 13.4. The van der Waals surface area contributed by atoms with Crippen LogP contribution in [0.4, 0.5) is 0 Å². The lowest BCUT2D eigenvalue weighted by Gasteiger charge is -2.49. The Hall–Kier alpha value is -0.0800. The van der Waals surface area contributed by atoms with Gasteiger partial charge in [-0.05, 0) is 36.1 Å². The van der Waals surface area contributed by atoms with Crippen molar-refractivity contribution in [1.82, 2.24) is 10.2 Å². The Bertz CT molecular complexity index is 283. The number of likely N-dealkylation sites (tertiary alicyclic amines) is 1. The quantitative estimate of drug-likeness (QED) is 0.698. The first-order valence-electron chi connectivity index (χ1n) is 7.14. The van der Waals surface area contributed by atoms with Gasteiger partial charge in [0.15, 0.2) is 0 Å². The van der Waals surface area contributed by atoms with Gasteiger partial charge in [-0.25, -0.2) is 0 Å². The van der Waals surface area contributed by atoms with Gasteiger partial charge in [0.1, 0.15) is 0 Å². The van der Waals surface area contributed by atoms with Crippen molar-refractivity contribution in [2.75, 3.05) is 26.7 Å². The Morgan fingerprint density at radius 1 is 1.18 bits per heavy atom. The second-order valence-electron chi connectivity index (χ2n) is 7.97. The summed E-state index contributed by atoms with van der Waals surface area (Å²) in [6.45, 7) is 15.8. The van der Waals surface area contributed by atoms with E-state index in [4.69, 9.17) is 0 Å². The molecule has 2 rings (SSSR count). The first-order chi connectivity index (χ1) is 7.73. The van der Waals surface area contributed by atoms with Crippen molar-refractivity contribution in [3.8, 4) is 0 Å². The number of nitrogens with zero attached hydrogens (tertiary/aromatic N) is 1. The number of nitrogens with one attached hydrogen (secondary N) is 1. The van der Waals surface area contributed by atoms with Crippen molar-refractivity contribution in [2.24, 2.45) is 22.7 Å². The predicted octanol–water partition coefficient (Wildman–Crippen LogP) is 2.60. The maximum Gasteiger partial charge on any atom is 0.0254 e. The molecule has 2 heterocycles. The molecular formula is C15H30N2. The summed E-state index contributed by atoms with van der Waals surface area (Å²) < 4.78 is 0. The van der Waals surface area contributed by atoms with Crippen LogP contribution < -0.4 is 5.32 Å². The minimum Gasteiger partial charge on any atom is -0.315 e. The van der Waals surface area contributed by atoms with Crippen molar-refractivity contribution in [3.05, 3.63) is 0 Å². The van der Waals surface area contributed by atoms with Crippen LogP contribution in [-0.2, 0) is 0 Å². The standard InChI is InChI=1S/C15H30N2/c1-11-7-14(2,3)10-17(6)12-8-16-9-15(4,5)13(11)12/h11-13,16H,7-10H2,1-6H3. The van der Waals surface area contributed by atoms with Crippen LogP contribution in [0.2, 0.25) is 0 Å². The van der Waals surface area contributed by atoms with E-state index in [-0.39, 0.29) is 0 Å². The van der Waals surface area contributed by atoms with Gasteiger partial charge in [-0.15, -0.1) is 0 Å². The Morgan fingerprint density at radius 2 is 1.82 bits per heavy atom. The van der Waals surface area contributed by atoms with Gasteiger partial charge in [-0.3, -0.25) is 0 Å². The molecule has 2 heteroatoms. The molecule has 3 unspecified atom stereocenters. The molecule has 100 valence electrons. The largest absolute Gasteiger partial charge is 0.315 e. The van der Waals surface area contributed by atoms with Gasteiger partial charge < -0.3 is 10.2 Å². The molecule has 2 saturated heterocycles. The van der Waals surface area contributed by atoms with Gasteiger partial charge in [0.05, 0.1) is 0 Å². The molecule has 17 heavy (non-hydrogen) atoms. The maximum absolute atomic E-state index is 3.64. The zero-order valence-electron chi connectivity index (χ0n) is 12.5. The number of piperidine rings is 1. The zero-order valence-corrected chi connectivity index (χ0v) is 12.5. The fourth-order valence-electron chi connectivity index (χ4n) is 4.74. The molecule has 0 spiro atoms. The number of likely N-dealkylation sites (N-methyl/N-ethyl adjacent to an activating group) is 1. The molecule has 0 aromatic heterocycles. The van der Waals surface area contributed by atoms with E-state index in [2.05, 4.69) is 51.9 Å². The van der Waals surface area contributed by atoms with E-state index >= 15 is 0 Å². The Morgan fingerprint density at radius 3 is 2.47 bits per heavy atom. The molecule has 1 N–H and O–H groups in total. The highest BCUT2D eigenvalue weighted by Gasteiger charge is 2.47. The lowest BCUT2D eigenvalue weighted by atomic mass is 9.64. The molecule has 2 fully saturated rings. The van der Waals surface area contributed by atoms with Crippen LogP contribution in [0.15, 0.2) is 0 Å². The smallest absolute Gasteiger partial charge is 0.0254 e. The molecule has 0 amide bonds. The number of hydrogen-bond acceptors (Lipinski definition) is 2. The van der Waals surface area contributed by atoms with Gasteiger partial charge in [0.25, 0.3) is 0 Å². The van der Waals surface area contributed by atoms with E-state index in [1.165, 1.54) is 26.1 Å². The third kappa shape index (κ3) is 2.53. The molecule has 2 nitrogen and oxygen atoms in total. The molecule has 3 atom stereocenters. The van der Waals surface area contributed by atoms with Gasteiger partial charge in [0.2, 0.25) is 0 Å². The summed E-state index contributed by atoms with van der Waals surface area (Å²) in [6, 6.07) is 0.718. The monoisotopic (exact) mass is 238 g/mol. The zero-order chi connectivity index (χ0) is 12.8. The normalized spacial score (nSPS) is 41.6. The summed E-state index contributed by atoms with van der Waals surface area (Å²) >= 11 is 0. The first-order valence-corrected chi connectivity index (χ1v) is 7.14. The van der Waals surface area contributed by atoms with E-state index in [9.17, 15) is 0 Å². The van der Waals surface area contributed by atoms with Crippen molar-refractivity contribution in [1.29, 1.82) is 0 Å². The summed E-state index contributed by atoms with van der Waals surface area (Å²) in [5.74, 6) is 1.66. The molecule has 0 saturated carbocycles. The van der Waals surface area contributed by atoms with Crippen molar-refractivity contribution < 1.29 is 0 Å². The van der Waals surface area contributed by atoms with Gasteiger partial charge in [0, 0.05) is 25.7 Å². The van der Waals surface area contributed by atoms with Gasteiger partial charge in [-0.2, -0.15) is 0 Å². The molecule has 0 bridgehead atoms. The fourth-order valence-corrected chi connectivity index (χ4v) is 4.74. The topological polar surface area (TPSA) is 15.3 Å². The molecule has 0 aliphatic carbocycles. The molecule has 0 aromatic carbocycles. The van der Waals surface area contributed by atoms with E-state index in [1.807, 2.05) is 0 Å². The summed E-state index contributed by atoms with van der Waals surface area (Å²) in [7, 11) is 2.32. The third-order valence-electron chi connectivity index (χ3n) is 4.98. The van der Waals surface area contributed by atoms with Crippen molar-refractivity contribution >= 4 is 0 Å². The minimum atomic E-state index is 0.428. The highest BCUT2D eigenvalue weighted by atomic mass is 15.2. The van der Waals surface area contributed by atoms with E-state index in [0.29, 0.717) is 10.8 Å². The second-order valence-corrected chi connectivity index (χ2v) is 7.97. The average molecular weight is 238 g/mol. The molecule has 0 radical (unpaired) electrons.